The number of phenolic OH excluding ortho intramolecular Hbond substituents is 1. The van der Waals surface area contributed by atoms with Crippen LogP contribution in [0.25, 0.3) is 0 Å². The minimum Gasteiger partial charge on any atom is -0.506 e. The molecule has 0 amide bonds. The van der Waals surface area contributed by atoms with Crippen LogP contribution in [-0.4, -0.2) is 17.0 Å². The van der Waals surface area contributed by atoms with Gasteiger partial charge >= 0.3 is 0 Å². The fraction of sp³-hybridized carbons (Fsp3) is 0.211. The molecule has 2 N–H and O–H groups in total. The minimum atomic E-state index is -0.125. The van der Waals surface area contributed by atoms with Crippen molar-refractivity contribution in [3.63, 3.8) is 0 Å². The zero-order chi connectivity index (χ0) is 16.8. The minimum absolute atomic E-state index is 0.0998. The van der Waals surface area contributed by atoms with Crippen molar-refractivity contribution in [3.8, 4) is 11.5 Å². The Hall–Kier alpha value is -2.75. The lowest BCUT2D eigenvalue weighted by molar-refractivity contribution is 0.104. The molecule has 0 aromatic heterocycles. The Morgan fingerprint density at radius 2 is 1.87 bits per heavy atom. The number of anilines is 1. The molecule has 2 rings (SSSR count). The molecule has 0 aliphatic rings. The second-order valence-corrected chi connectivity index (χ2v) is 5.55. The van der Waals surface area contributed by atoms with Gasteiger partial charge in [0.05, 0.1) is 11.8 Å². The van der Waals surface area contributed by atoms with Crippen LogP contribution < -0.4 is 10.1 Å². The number of rotatable bonds is 6. The van der Waals surface area contributed by atoms with Gasteiger partial charge in [0, 0.05) is 17.8 Å². The summed E-state index contributed by atoms with van der Waals surface area (Å²) in [6.45, 7) is 5.80. The van der Waals surface area contributed by atoms with Crippen molar-refractivity contribution in [2.45, 2.75) is 26.9 Å². The predicted molar refractivity (Wildman–Crippen MR) is 92.1 cm³/mol. The Morgan fingerprint density at radius 1 is 1.17 bits per heavy atom. The van der Waals surface area contributed by atoms with Crippen molar-refractivity contribution < 1.29 is 14.6 Å². The van der Waals surface area contributed by atoms with Gasteiger partial charge in [0.1, 0.15) is 11.5 Å². The summed E-state index contributed by atoms with van der Waals surface area (Å²) >= 11 is 0. The number of aryl methyl sites for hydroxylation is 1. The Balaban J connectivity index is 1.98. The third-order valence-corrected chi connectivity index (χ3v) is 3.14. The third-order valence-electron chi connectivity index (χ3n) is 3.14. The summed E-state index contributed by atoms with van der Waals surface area (Å²) in [5.41, 5.74) is 2.10. The summed E-state index contributed by atoms with van der Waals surface area (Å²) in [7, 11) is 0. The molecule has 0 saturated carbocycles. The van der Waals surface area contributed by atoms with Gasteiger partial charge in [-0.25, -0.2) is 0 Å². The lowest BCUT2D eigenvalue weighted by Crippen LogP contribution is -2.05. The average Bonchev–Trinajstić information content (AvgIpc) is 2.49. The van der Waals surface area contributed by atoms with E-state index in [9.17, 15) is 9.90 Å². The second kappa shape index (κ2) is 7.49. The van der Waals surface area contributed by atoms with Crippen LogP contribution >= 0.6 is 0 Å². The Labute approximate surface area is 136 Å². The average molecular weight is 311 g/mol. The number of carbonyl (C=O) groups is 1. The quantitative estimate of drug-likeness (QED) is 0.474. The van der Waals surface area contributed by atoms with Crippen LogP contribution in [0.15, 0.2) is 54.7 Å². The van der Waals surface area contributed by atoms with Gasteiger partial charge in [-0.05, 0) is 62.7 Å². The van der Waals surface area contributed by atoms with E-state index >= 15 is 0 Å². The summed E-state index contributed by atoms with van der Waals surface area (Å²) in [6.07, 6.45) is 3.05. The zero-order valence-electron chi connectivity index (χ0n) is 13.5. The van der Waals surface area contributed by atoms with Gasteiger partial charge in [-0.15, -0.1) is 0 Å². The molecule has 0 aliphatic carbocycles. The fourth-order valence-electron chi connectivity index (χ4n) is 2.04. The zero-order valence-corrected chi connectivity index (χ0v) is 13.5. The van der Waals surface area contributed by atoms with Crippen LogP contribution in [0.2, 0.25) is 0 Å². The highest BCUT2D eigenvalue weighted by molar-refractivity contribution is 6.04. The molecule has 0 fully saturated rings. The molecule has 4 nitrogen and oxygen atoms in total. The highest BCUT2D eigenvalue weighted by Gasteiger charge is 2.04. The largest absolute Gasteiger partial charge is 0.506 e. The summed E-state index contributed by atoms with van der Waals surface area (Å²) < 4.78 is 5.54. The van der Waals surface area contributed by atoms with Gasteiger partial charge in [0.15, 0.2) is 5.78 Å². The van der Waals surface area contributed by atoms with Crippen molar-refractivity contribution >= 4 is 11.5 Å². The number of allylic oxidation sites excluding steroid dienone is 1. The van der Waals surface area contributed by atoms with Gasteiger partial charge in [0.2, 0.25) is 0 Å². The van der Waals surface area contributed by atoms with Crippen molar-refractivity contribution in [3.05, 3.63) is 65.9 Å². The van der Waals surface area contributed by atoms with E-state index in [-0.39, 0.29) is 17.6 Å². The highest BCUT2D eigenvalue weighted by Crippen LogP contribution is 2.23. The normalized spacial score (nSPS) is 11.0. The number of nitrogens with one attached hydrogen (secondary N) is 1. The number of hydrogen-bond acceptors (Lipinski definition) is 4. The van der Waals surface area contributed by atoms with Gasteiger partial charge < -0.3 is 15.2 Å². The Bertz CT molecular complexity index is 703. The second-order valence-electron chi connectivity index (χ2n) is 5.55. The summed E-state index contributed by atoms with van der Waals surface area (Å²) in [4.78, 5) is 12.1. The standard InChI is InChI=1S/C19H21NO3/c1-13(2)23-16-7-5-15(6-8-16)18(21)10-11-20-17-9-4-14(3)12-19(17)22/h4-13,20,22H,1-3H3. The molecule has 2 aromatic carbocycles. The topological polar surface area (TPSA) is 58.6 Å². The van der Waals surface area contributed by atoms with Crippen molar-refractivity contribution in [1.29, 1.82) is 0 Å². The summed E-state index contributed by atoms with van der Waals surface area (Å²) in [5.74, 6) is 0.765. The first-order valence-corrected chi connectivity index (χ1v) is 7.49. The molecule has 0 aliphatic heterocycles. The van der Waals surface area contributed by atoms with Crippen molar-refractivity contribution in [2.24, 2.45) is 0 Å². The first-order chi connectivity index (χ1) is 11.0. The molecule has 0 radical (unpaired) electrons. The molecular formula is C19H21NO3. The molecule has 0 unspecified atom stereocenters. The molecule has 4 heteroatoms. The molecule has 0 spiro atoms. The fourth-order valence-corrected chi connectivity index (χ4v) is 2.04. The van der Waals surface area contributed by atoms with E-state index in [1.54, 1.807) is 36.4 Å². The predicted octanol–water partition coefficient (Wildman–Crippen LogP) is 4.30. The number of benzene rings is 2. The molecule has 2 aromatic rings. The first-order valence-electron chi connectivity index (χ1n) is 7.49. The summed E-state index contributed by atoms with van der Waals surface area (Å²) in [5, 5.41) is 12.7. The molecular weight excluding hydrogens is 290 g/mol. The lowest BCUT2D eigenvalue weighted by Gasteiger charge is -2.09. The molecule has 0 atom stereocenters. The highest BCUT2D eigenvalue weighted by atomic mass is 16.5. The molecule has 0 bridgehead atoms. The van der Waals surface area contributed by atoms with E-state index in [2.05, 4.69) is 5.32 Å². The number of carbonyl (C=O) groups excluding carboxylic acids is 1. The molecule has 23 heavy (non-hydrogen) atoms. The maximum Gasteiger partial charge on any atom is 0.187 e. The number of hydrogen-bond donors (Lipinski definition) is 2. The Kier molecular flexibility index (Phi) is 5.41. The third kappa shape index (κ3) is 4.88. The van der Waals surface area contributed by atoms with E-state index in [0.29, 0.717) is 11.3 Å². The van der Waals surface area contributed by atoms with Crippen molar-refractivity contribution in [2.75, 3.05) is 5.32 Å². The molecule has 120 valence electrons. The number of aromatic hydroxyl groups is 1. The monoisotopic (exact) mass is 311 g/mol. The van der Waals surface area contributed by atoms with E-state index < -0.39 is 0 Å². The van der Waals surface area contributed by atoms with Crippen molar-refractivity contribution in [1.82, 2.24) is 0 Å². The maximum atomic E-state index is 12.1. The van der Waals surface area contributed by atoms with Crippen LogP contribution in [0.1, 0.15) is 29.8 Å². The van der Waals surface area contributed by atoms with Gasteiger partial charge in [-0.1, -0.05) is 6.07 Å². The summed E-state index contributed by atoms with van der Waals surface area (Å²) in [6, 6.07) is 12.3. The van der Waals surface area contributed by atoms with E-state index in [4.69, 9.17) is 4.74 Å². The first kappa shape index (κ1) is 16.6. The lowest BCUT2D eigenvalue weighted by atomic mass is 10.1. The van der Waals surface area contributed by atoms with Crippen LogP contribution in [0.3, 0.4) is 0 Å². The SMILES string of the molecule is Cc1ccc(NC=CC(=O)c2ccc(OC(C)C)cc2)c(O)c1. The van der Waals surface area contributed by atoms with E-state index in [1.807, 2.05) is 26.8 Å². The van der Waals surface area contributed by atoms with Crippen LogP contribution in [0.4, 0.5) is 5.69 Å². The number of phenols is 1. The number of ether oxygens (including phenoxy) is 1. The van der Waals surface area contributed by atoms with Crippen LogP contribution in [0, 0.1) is 6.92 Å². The van der Waals surface area contributed by atoms with Gasteiger partial charge in [0.25, 0.3) is 0 Å². The van der Waals surface area contributed by atoms with E-state index in [0.717, 1.165) is 11.3 Å². The van der Waals surface area contributed by atoms with Gasteiger partial charge in [-0.2, -0.15) is 0 Å². The van der Waals surface area contributed by atoms with Crippen LogP contribution in [0.5, 0.6) is 11.5 Å². The number of ketones is 1. The smallest absolute Gasteiger partial charge is 0.187 e. The molecule has 0 heterocycles. The van der Waals surface area contributed by atoms with Crippen LogP contribution in [-0.2, 0) is 0 Å². The van der Waals surface area contributed by atoms with Gasteiger partial charge in [-0.3, -0.25) is 4.79 Å². The molecule has 0 saturated heterocycles. The Morgan fingerprint density at radius 3 is 2.48 bits per heavy atom. The maximum absolute atomic E-state index is 12.1. The van der Waals surface area contributed by atoms with E-state index in [1.165, 1.54) is 12.3 Å².